The molecule has 0 saturated heterocycles. The van der Waals surface area contributed by atoms with Crippen LogP contribution in [0.15, 0.2) is 0 Å². The van der Waals surface area contributed by atoms with Gasteiger partial charge in [-0.25, -0.2) is 4.79 Å². The van der Waals surface area contributed by atoms with Crippen molar-refractivity contribution in [2.45, 2.75) is 196 Å². The molecule has 9 aliphatic rings. The summed E-state index contributed by atoms with van der Waals surface area (Å²) in [5.74, 6) is 1.56. The molecule has 64 heavy (non-hydrogen) atoms. The third kappa shape index (κ3) is 11.5. The first kappa shape index (κ1) is 50.2. The summed E-state index contributed by atoms with van der Waals surface area (Å²) in [5, 5.41) is 0. The average molecular weight is 899 g/mol. The van der Waals surface area contributed by atoms with Gasteiger partial charge >= 0.3 is 35.8 Å². The number of esters is 6. The fraction of sp³-hybridized carbons (Fsp3) is 0.885. The van der Waals surface area contributed by atoms with Crippen LogP contribution in [0.5, 0.6) is 0 Å². The fourth-order valence-electron chi connectivity index (χ4n) is 13.2. The molecule has 0 heterocycles. The molecule has 9 saturated carbocycles. The van der Waals surface area contributed by atoms with Crippen LogP contribution in [0.4, 0.5) is 0 Å². The first-order chi connectivity index (χ1) is 30.1. The Morgan fingerprint density at radius 1 is 0.547 bits per heavy atom. The van der Waals surface area contributed by atoms with E-state index in [4.69, 9.17) is 28.4 Å². The molecule has 9 fully saturated rings. The van der Waals surface area contributed by atoms with Crippen molar-refractivity contribution in [1.29, 1.82) is 0 Å². The number of hydrogen-bond donors (Lipinski definition) is 0. The van der Waals surface area contributed by atoms with E-state index in [2.05, 4.69) is 6.92 Å². The molecule has 0 aliphatic heterocycles. The maximum absolute atomic E-state index is 13.0. The zero-order valence-corrected chi connectivity index (χ0v) is 40.9. The molecule has 9 rings (SSSR count). The molecular weight excluding hydrogens is 817 g/mol. The Morgan fingerprint density at radius 3 is 1.47 bits per heavy atom. The summed E-state index contributed by atoms with van der Waals surface area (Å²) in [4.78, 5) is 75.0. The third-order valence-electron chi connectivity index (χ3n) is 17.7. The summed E-state index contributed by atoms with van der Waals surface area (Å²) >= 11 is 0. The second kappa shape index (κ2) is 20.4. The van der Waals surface area contributed by atoms with Gasteiger partial charge in [0.2, 0.25) is 0 Å². The monoisotopic (exact) mass is 899 g/mol. The lowest BCUT2D eigenvalue weighted by Crippen LogP contribution is -2.58. The molecule has 0 aromatic carbocycles. The molecule has 0 spiro atoms. The third-order valence-corrected chi connectivity index (χ3v) is 17.7. The fourth-order valence-corrected chi connectivity index (χ4v) is 13.2. The molecular formula is C52H82O12. The number of ether oxygens (including phenoxy) is 6. The largest absolute Gasteiger partial charge is 0.465 e. The van der Waals surface area contributed by atoms with Gasteiger partial charge in [-0.05, 0) is 193 Å². The Morgan fingerprint density at radius 2 is 0.984 bits per heavy atom. The van der Waals surface area contributed by atoms with Crippen molar-refractivity contribution in [3.05, 3.63) is 0 Å². The predicted octanol–water partition coefficient (Wildman–Crippen LogP) is 9.90. The topological polar surface area (TPSA) is 158 Å². The molecule has 2 atom stereocenters. The average Bonchev–Trinajstić information content (AvgIpc) is 3.24. The normalized spacial score (nSPS) is 33.6. The van der Waals surface area contributed by atoms with Crippen LogP contribution < -0.4 is 0 Å². The van der Waals surface area contributed by atoms with E-state index in [1.807, 2.05) is 41.5 Å². The Labute approximate surface area is 383 Å². The lowest BCUT2D eigenvalue weighted by Gasteiger charge is -2.61. The Hall–Kier alpha value is -3.18. The lowest BCUT2D eigenvalue weighted by atomic mass is 9.46. The first-order valence-electron chi connectivity index (χ1n) is 25.2. The standard InChI is InChI=1S/C31H48O8.C21H34O4/c1-6-29(2,3)28(35)37-12-11-36-26(33)23-9-7-8-10-24(23)27(34)38-19-25(32)39-30(4,5)31-16-20-13-21(17-31)15-22(14-20)18-31;1-5-20(2,3)19(23)24-8-6-7-18(22)25-21(4)16-10-14-9-15(12-16)13-17(21)11-14/h20-24H,6-19H2,1-5H3;14-17H,5-13H2,1-4H3. The smallest absolute Gasteiger partial charge is 0.344 e. The molecule has 2 unspecified atom stereocenters. The van der Waals surface area contributed by atoms with E-state index in [0.29, 0.717) is 50.5 Å². The predicted molar refractivity (Wildman–Crippen MR) is 239 cm³/mol. The van der Waals surface area contributed by atoms with Gasteiger partial charge in [-0.15, -0.1) is 0 Å². The minimum absolute atomic E-state index is 0.0141. The Bertz CT molecular complexity index is 1630. The summed E-state index contributed by atoms with van der Waals surface area (Å²) in [7, 11) is 0. The quantitative estimate of drug-likeness (QED) is 0.0730. The summed E-state index contributed by atoms with van der Waals surface area (Å²) in [5.41, 5.74) is -1.90. The minimum atomic E-state index is -0.656. The van der Waals surface area contributed by atoms with E-state index < -0.39 is 52.8 Å². The van der Waals surface area contributed by atoms with Crippen LogP contribution >= 0.6 is 0 Å². The second-order valence-corrected chi connectivity index (χ2v) is 23.3. The van der Waals surface area contributed by atoms with E-state index in [1.165, 1.54) is 51.4 Å². The van der Waals surface area contributed by atoms with Crippen LogP contribution in [0.2, 0.25) is 0 Å². The number of carbonyl (C=O) groups is 6. The minimum Gasteiger partial charge on any atom is -0.465 e. The molecule has 0 N–H and O–H groups in total. The lowest BCUT2D eigenvalue weighted by molar-refractivity contribution is -0.203. The molecule has 362 valence electrons. The number of carbonyl (C=O) groups excluding carboxylic acids is 6. The van der Waals surface area contributed by atoms with Gasteiger partial charge in [-0.2, -0.15) is 0 Å². The van der Waals surface area contributed by atoms with Gasteiger partial charge in [0.25, 0.3) is 0 Å². The molecule has 12 heteroatoms. The highest BCUT2D eigenvalue weighted by atomic mass is 16.6. The highest BCUT2D eigenvalue weighted by molar-refractivity contribution is 5.84. The van der Waals surface area contributed by atoms with Crippen LogP contribution in [-0.4, -0.2) is 73.4 Å². The van der Waals surface area contributed by atoms with Crippen molar-refractivity contribution >= 4 is 35.8 Å². The van der Waals surface area contributed by atoms with Gasteiger partial charge in [0.15, 0.2) is 6.61 Å². The zero-order chi connectivity index (χ0) is 46.7. The molecule has 0 amide bonds. The first-order valence-corrected chi connectivity index (χ1v) is 25.2. The van der Waals surface area contributed by atoms with Crippen LogP contribution in [0, 0.1) is 69.5 Å². The summed E-state index contributed by atoms with van der Waals surface area (Å²) in [6.45, 7) is 17.2. The van der Waals surface area contributed by atoms with E-state index in [9.17, 15) is 28.8 Å². The molecule has 12 nitrogen and oxygen atoms in total. The van der Waals surface area contributed by atoms with Gasteiger partial charge in [0, 0.05) is 11.8 Å². The van der Waals surface area contributed by atoms with Crippen molar-refractivity contribution in [2.75, 3.05) is 26.4 Å². The van der Waals surface area contributed by atoms with Crippen molar-refractivity contribution in [3.63, 3.8) is 0 Å². The van der Waals surface area contributed by atoms with Crippen LogP contribution in [0.1, 0.15) is 184 Å². The van der Waals surface area contributed by atoms with Crippen LogP contribution in [0.3, 0.4) is 0 Å². The van der Waals surface area contributed by atoms with Gasteiger partial charge in [0.05, 0.1) is 29.3 Å². The van der Waals surface area contributed by atoms with Crippen LogP contribution in [-0.2, 0) is 57.2 Å². The number of hydrogen-bond acceptors (Lipinski definition) is 12. The van der Waals surface area contributed by atoms with E-state index in [-0.39, 0.29) is 42.1 Å². The molecule has 0 aromatic heterocycles. The number of rotatable bonds is 18. The van der Waals surface area contributed by atoms with Crippen molar-refractivity contribution in [3.8, 4) is 0 Å². The van der Waals surface area contributed by atoms with Gasteiger partial charge in [0.1, 0.15) is 24.4 Å². The SMILES string of the molecule is CCC(C)(C)C(=O)OCCCC(=O)OC1(C)C2CC3CC(C2)CC1C3.CCC(C)(C)C(=O)OCCOC(=O)C1CCCCC1C(=O)OCC(=O)OC(C)(C)C12CC3CC(CC(C3)C1)C2. The summed E-state index contributed by atoms with van der Waals surface area (Å²) in [6.07, 6.45) is 18.5. The summed E-state index contributed by atoms with van der Waals surface area (Å²) < 4.78 is 33.3. The van der Waals surface area contributed by atoms with Gasteiger partial charge in [-0.3, -0.25) is 24.0 Å². The highest BCUT2D eigenvalue weighted by Crippen LogP contribution is 2.64. The molecule has 8 bridgehead atoms. The van der Waals surface area contributed by atoms with Crippen LogP contribution in [0.25, 0.3) is 0 Å². The van der Waals surface area contributed by atoms with E-state index in [1.54, 1.807) is 13.8 Å². The molecule has 0 aromatic rings. The zero-order valence-electron chi connectivity index (χ0n) is 40.9. The maximum Gasteiger partial charge on any atom is 0.344 e. The van der Waals surface area contributed by atoms with Gasteiger partial charge in [-0.1, -0.05) is 26.7 Å². The maximum atomic E-state index is 13.0. The van der Waals surface area contributed by atoms with Crippen molar-refractivity contribution in [1.82, 2.24) is 0 Å². The van der Waals surface area contributed by atoms with Gasteiger partial charge < -0.3 is 28.4 Å². The van der Waals surface area contributed by atoms with Crippen molar-refractivity contribution < 1.29 is 57.2 Å². The second-order valence-electron chi connectivity index (χ2n) is 23.3. The Kier molecular flexibility index (Phi) is 16.0. The molecule has 9 aliphatic carbocycles. The van der Waals surface area contributed by atoms with E-state index in [0.717, 1.165) is 68.1 Å². The van der Waals surface area contributed by atoms with Crippen molar-refractivity contribution in [2.24, 2.45) is 69.5 Å². The Balaban J connectivity index is 0.000000234. The summed E-state index contributed by atoms with van der Waals surface area (Å²) in [6, 6.07) is 0. The highest BCUT2D eigenvalue weighted by Gasteiger charge is 2.59. The van der Waals surface area contributed by atoms with E-state index >= 15 is 0 Å². The molecule has 0 radical (unpaired) electrons.